The fraction of sp³-hybridized carbons (Fsp3) is 0.0667. The fourth-order valence-electron chi connectivity index (χ4n) is 2.02. The van der Waals surface area contributed by atoms with Gasteiger partial charge in [-0.15, -0.1) is 0 Å². The van der Waals surface area contributed by atoms with Crippen molar-refractivity contribution >= 4 is 5.97 Å². The SMILES string of the molecule is COc1ccc(-n2nccc2-c2ccc(C(=O)O)nc2)cn1. The molecule has 3 rings (SSSR count). The van der Waals surface area contributed by atoms with Crippen LogP contribution in [0.2, 0.25) is 0 Å². The molecule has 3 aromatic heterocycles. The first-order valence-electron chi connectivity index (χ1n) is 6.43. The Balaban J connectivity index is 1.99. The van der Waals surface area contributed by atoms with Gasteiger partial charge in [0.05, 0.1) is 30.9 Å². The lowest BCUT2D eigenvalue weighted by Gasteiger charge is -2.08. The highest BCUT2D eigenvalue weighted by molar-refractivity contribution is 5.85. The summed E-state index contributed by atoms with van der Waals surface area (Å²) in [5.41, 5.74) is 2.32. The Kier molecular flexibility index (Phi) is 3.53. The van der Waals surface area contributed by atoms with Gasteiger partial charge >= 0.3 is 5.97 Å². The molecule has 7 nitrogen and oxygen atoms in total. The van der Waals surface area contributed by atoms with Crippen molar-refractivity contribution in [3.05, 3.63) is 54.6 Å². The maximum Gasteiger partial charge on any atom is 0.354 e. The molecule has 0 aromatic carbocycles. The number of aromatic nitrogens is 4. The van der Waals surface area contributed by atoms with Gasteiger partial charge in [-0.2, -0.15) is 5.10 Å². The van der Waals surface area contributed by atoms with Crippen LogP contribution in [0, 0.1) is 0 Å². The van der Waals surface area contributed by atoms with Gasteiger partial charge in [-0.3, -0.25) is 0 Å². The zero-order chi connectivity index (χ0) is 15.5. The summed E-state index contributed by atoms with van der Waals surface area (Å²) in [4.78, 5) is 18.9. The largest absolute Gasteiger partial charge is 0.481 e. The Morgan fingerprint density at radius 1 is 1.14 bits per heavy atom. The van der Waals surface area contributed by atoms with Crippen LogP contribution in [-0.4, -0.2) is 37.9 Å². The molecular weight excluding hydrogens is 284 g/mol. The predicted octanol–water partition coefficient (Wildman–Crippen LogP) is 2.04. The van der Waals surface area contributed by atoms with E-state index < -0.39 is 5.97 Å². The molecule has 0 unspecified atom stereocenters. The summed E-state index contributed by atoms with van der Waals surface area (Å²) < 4.78 is 6.73. The number of nitrogens with zero attached hydrogens (tertiary/aromatic N) is 4. The van der Waals surface area contributed by atoms with Crippen molar-refractivity contribution in [3.8, 4) is 22.8 Å². The van der Waals surface area contributed by atoms with Crippen LogP contribution in [0.4, 0.5) is 0 Å². The van der Waals surface area contributed by atoms with Crippen molar-refractivity contribution in [1.82, 2.24) is 19.7 Å². The molecular formula is C15H12N4O3. The number of methoxy groups -OCH3 is 1. The molecule has 3 heterocycles. The van der Waals surface area contributed by atoms with Crippen molar-refractivity contribution in [2.24, 2.45) is 0 Å². The van der Waals surface area contributed by atoms with E-state index in [-0.39, 0.29) is 5.69 Å². The summed E-state index contributed by atoms with van der Waals surface area (Å²) in [5.74, 6) is -0.538. The second kappa shape index (κ2) is 5.65. The van der Waals surface area contributed by atoms with E-state index in [0.29, 0.717) is 5.88 Å². The number of carboxylic acid groups (broad SMARTS) is 1. The quantitative estimate of drug-likeness (QED) is 0.792. The van der Waals surface area contributed by atoms with Crippen molar-refractivity contribution in [1.29, 1.82) is 0 Å². The van der Waals surface area contributed by atoms with Gasteiger partial charge in [0.2, 0.25) is 5.88 Å². The number of ether oxygens (including phenoxy) is 1. The van der Waals surface area contributed by atoms with E-state index in [1.165, 1.54) is 12.3 Å². The van der Waals surface area contributed by atoms with Crippen molar-refractivity contribution < 1.29 is 14.6 Å². The van der Waals surface area contributed by atoms with Crippen LogP contribution in [0.25, 0.3) is 16.9 Å². The first kappa shape index (κ1) is 13.7. The zero-order valence-corrected chi connectivity index (χ0v) is 11.7. The lowest BCUT2D eigenvalue weighted by atomic mass is 10.2. The minimum Gasteiger partial charge on any atom is -0.481 e. The zero-order valence-electron chi connectivity index (χ0n) is 11.7. The number of carbonyl (C=O) groups is 1. The van der Waals surface area contributed by atoms with E-state index in [2.05, 4.69) is 15.1 Å². The Bertz CT molecular complexity index is 794. The van der Waals surface area contributed by atoms with Crippen LogP contribution in [0.15, 0.2) is 48.9 Å². The van der Waals surface area contributed by atoms with Gasteiger partial charge in [-0.05, 0) is 24.3 Å². The lowest BCUT2D eigenvalue weighted by Crippen LogP contribution is -2.02. The minimum absolute atomic E-state index is 0.000861. The Hall–Kier alpha value is -3.22. The van der Waals surface area contributed by atoms with E-state index in [4.69, 9.17) is 9.84 Å². The van der Waals surface area contributed by atoms with Crippen molar-refractivity contribution in [2.45, 2.75) is 0 Å². The monoisotopic (exact) mass is 296 g/mol. The van der Waals surface area contributed by atoms with Crippen LogP contribution >= 0.6 is 0 Å². The summed E-state index contributed by atoms with van der Waals surface area (Å²) >= 11 is 0. The third-order valence-corrected chi connectivity index (χ3v) is 3.10. The summed E-state index contributed by atoms with van der Waals surface area (Å²) in [6, 6.07) is 8.55. The molecule has 0 aliphatic carbocycles. The highest BCUT2D eigenvalue weighted by Crippen LogP contribution is 2.22. The molecule has 0 saturated heterocycles. The highest BCUT2D eigenvalue weighted by atomic mass is 16.5. The summed E-state index contributed by atoms with van der Waals surface area (Å²) in [6.07, 6.45) is 4.81. The van der Waals surface area contributed by atoms with E-state index in [1.807, 2.05) is 12.1 Å². The first-order valence-corrected chi connectivity index (χ1v) is 6.43. The molecule has 0 bridgehead atoms. The molecule has 22 heavy (non-hydrogen) atoms. The smallest absolute Gasteiger partial charge is 0.354 e. The van der Waals surface area contributed by atoms with Gasteiger partial charge in [0.1, 0.15) is 5.69 Å². The molecule has 0 spiro atoms. The van der Waals surface area contributed by atoms with Gasteiger partial charge < -0.3 is 9.84 Å². The van der Waals surface area contributed by atoms with Crippen molar-refractivity contribution in [2.75, 3.05) is 7.11 Å². The molecule has 1 N–H and O–H groups in total. The summed E-state index contributed by atoms with van der Waals surface area (Å²) in [7, 11) is 1.55. The maximum absolute atomic E-state index is 10.8. The topological polar surface area (TPSA) is 90.1 Å². The molecule has 0 amide bonds. The number of hydrogen-bond donors (Lipinski definition) is 1. The third-order valence-electron chi connectivity index (χ3n) is 3.10. The highest BCUT2D eigenvalue weighted by Gasteiger charge is 2.10. The van der Waals surface area contributed by atoms with Gasteiger partial charge in [0.15, 0.2) is 0 Å². The predicted molar refractivity (Wildman–Crippen MR) is 78.1 cm³/mol. The second-order valence-corrected chi connectivity index (χ2v) is 4.42. The molecule has 0 fully saturated rings. The van der Waals surface area contributed by atoms with Crippen LogP contribution < -0.4 is 4.74 Å². The van der Waals surface area contributed by atoms with E-state index in [1.54, 1.807) is 36.3 Å². The molecule has 0 atom stereocenters. The van der Waals surface area contributed by atoms with Gasteiger partial charge in [-0.1, -0.05) is 0 Å². The second-order valence-electron chi connectivity index (χ2n) is 4.42. The van der Waals surface area contributed by atoms with Crippen molar-refractivity contribution in [3.63, 3.8) is 0 Å². The number of carboxylic acids is 1. The average molecular weight is 296 g/mol. The molecule has 0 radical (unpaired) electrons. The average Bonchev–Trinajstić information content (AvgIpc) is 3.04. The summed E-state index contributed by atoms with van der Waals surface area (Å²) in [5, 5.41) is 13.2. The van der Waals surface area contributed by atoms with Crippen LogP contribution in [0.5, 0.6) is 5.88 Å². The normalized spacial score (nSPS) is 10.4. The van der Waals surface area contributed by atoms with E-state index >= 15 is 0 Å². The summed E-state index contributed by atoms with van der Waals surface area (Å²) in [6.45, 7) is 0. The number of rotatable bonds is 4. The van der Waals surface area contributed by atoms with Crippen LogP contribution in [0.3, 0.4) is 0 Å². The Morgan fingerprint density at radius 3 is 2.59 bits per heavy atom. The minimum atomic E-state index is -1.06. The number of hydrogen-bond acceptors (Lipinski definition) is 5. The van der Waals surface area contributed by atoms with Crippen LogP contribution in [-0.2, 0) is 0 Å². The standard InChI is InChI=1S/C15H12N4O3/c1-22-14-5-3-11(9-17-14)19-13(6-7-18-19)10-2-4-12(15(20)21)16-8-10/h2-9H,1H3,(H,20,21). The maximum atomic E-state index is 10.8. The lowest BCUT2D eigenvalue weighted by molar-refractivity contribution is 0.0690. The molecule has 0 aliphatic rings. The van der Waals surface area contributed by atoms with E-state index in [9.17, 15) is 4.79 Å². The Labute approximate surface area is 125 Å². The van der Waals surface area contributed by atoms with E-state index in [0.717, 1.165) is 16.9 Å². The molecule has 0 saturated carbocycles. The van der Waals surface area contributed by atoms with Gasteiger partial charge in [0, 0.05) is 17.8 Å². The van der Waals surface area contributed by atoms with Gasteiger partial charge in [-0.25, -0.2) is 19.4 Å². The molecule has 3 aromatic rings. The van der Waals surface area contributed by atoms with Crippen LogP contribution in [0.1, 0.15) is 10.5 Å². The molecule has 110 valence electrons. The molecule has 7 heteroatoms. The molecule has 0 aliphatic heterocycles. The number of pyridine rings is 2. The fourth-order valence-corrected chi connectivity index (χ4v) is 2.02. The number of aromatic carboxylic acids is 1. The van der Waals surface area contributed by atoms with Gasteiger partial charge in [0.25, 0.3) is 0 Å². The third kappa shape index (κ3) is 2.51. The Morgan fingerprint density at radius 2 is 2.00 bits per heavy atom. The first-order chi connectivity index (χ1) is 10.7.